The zero-order valence-corrected chi connectivity index (χ0v) is 11.7. The van der Waals surface area contributed by atoms with Crippen LogP contribution in [0.5, 0.6) is 0 Å². The predicted octanol–water partition coefficient (Wildman–Crippen LogP) is 2.18. The van der Waals surface area contributed by atoms with Crippen molar-refractivity contribution < 1.29 is 29.0 Å². The summed E-state index contributed by atoms with van der Waals surface area (Å²) in [5.74, 6) is -3.77. The Morgan fingerprint density at radius 1 is 1.19 bits per heavy atom. The molecule has 0 aliphatic rings. The van der Waals surface area contributed by atoms with E-state index in [1.807, 2.05) is 5.32 Å². The fourth-order valence-electron chi connectivity index (χ4n) is 1.33. The van der Waals surface area contributed by atoms with E-state index in [4.69, 9.17) is 33.4 Å². The van der Waals surface area contributed by atoms with Crippen molar-refractivity contribution in [3.8, 4) is 0 Å². The summed E-state index contributed by atoms with van der Waals surface area (Å²) < 4.78 is 13.2. The van der Waals surface area contributed by atoms with Gasteiger partial charge in [0.25, 0.3) is 0 Å². The number of urea groups is 1. The number of benzene rings is 1. The Hall–Kier alpha value is -2.06. The number of hydrogen-bond donors (Lipinski definition) is 4. The van der Waals surface area contributed by atoms with Gasteiger partial charge in [-0.1, -0.05) is 23.2 Å². The number of rotatable bonds is 5. The second-order valence-electron chi connectivity index (χ2n) is 3.84. The van der Waals surface area contributed by atoms with Crippen LogP contribution in [-0.4, -0.2) is 34.2 Å². The van der Waals surface area contributed by atoms with E-state index < -0.39 is 36.2 Å². The summed E-state index contributed by atoms with van der Waals surface area (Å²) >= 11 is 11.0. The molecule has 0 aromatic heterocycles. The Morgan fingerprint density at radius 2 is 1.71 bits per heavy atom. The van der Waals surface area contributed by atoms with E-state index in [2.05, 4.69) is 5.32 Å². The van der Waals surface area contributed by atoms with Gasteiger partial charge in [0.15, 0.2) is 5.82 Å². The highest BCUT2D eigenvalue weighted by Gasteiger charge is 2.23. The second kappa shape index (κ2) is 7.09. The summed E-state index contributed by atoms with van der Waals surface area (Å²) in [5, 5.41) is 20.7. The van der Waals surface area contributed by atoms with Crippen LogP contribution >= 0.6 is 23.2 Å². The average molecular weight is 339 g/mol. The summed E-state index contributed by atoms with van der Waals surface area (Å²) in [4.78, 5) is 32.8. The summed E-state index contributed by atoms with van der Waals surface area (Å²) in [6.45, 7) is 0. The number of halogens is 3. The quantitative estimate of drug-likeness (QED) is 0.614. The maximum atomic E-state index is 13.2. The summed E-state index contributed by atoms with van der Waals surface area (Å²) in [6, 6.07) is -0.485. The number of carbonyl (C=O) groups is 3. The Labute approximate surface area is 127 Å². The first kappa shape index (κ1) is 17.0. The van der Waals surface area contributed by atoms with Crippen LogP contribution in [0.4, 0.5) is 14.9 Å². The van der Waals surface area contributed by atoms with E-state index in [-0.39, 0.29) is 15.7 Å². The van der Waals surface area contributed by atoms with Gasteiger partial charge in [0, 0.05) is 5.69 Å². The van der Waals surface area contributed by atoms with Gasteiger partial charge in [-0.25, -0.2) is 14.0 Å². The Balaban J connectivity index is 2.76. The third-order valence-electron chi connectivity index (χ3n) is 2.22. The summed E-state index contributed by atoms with van der Waals surface area (Å²) in [5.41, 5.74) is 0.0170. The molecule has 1 aromatic rings. The van der Waals surface area contributed by atoms with Gasteiger partial charge in [-0.15, -0.1) is 0 Å². The highest BCUT2D eigenvalue weighted by atomic mass is 35.5. The van der Waals surface area contributed by atoms with Gasteiger partial charge in [-0.3, -0.25) is 4.79 Å². The SMILES string of the molecule is O=C(O)C[C@H](NC(=O)Nc1cc(Cl)c(F)c(Cl)c1)C(=O)O. The number of aliphatic carboxylic acids is 2. The molecule has 21 heavy (non-hydrogen) atoms. The smallest absolute Gasteiger partial charge is 0.326 e. The molecular weight excluding hydrogens is 330 g/mol. The van der Waals surface area contributed by atoms with Crippen molar-refractivity contribution in [1.82, 2.24) is 5.32 Å². The standard InChI is InChI=1S/C11H9Cl2FN2O5/c12-5-1-4(2-6(13)9(5)14)15-11(21)16-7(10(19)20)3-8(17)18/h1-2,7H,3H2,(H,17,18)(H,19,20)(H2,15,16,21)/t7-/m0/s1. The largest absolute Gasteiger partial charge is 0.481 e. The molecule has 0 saturated heterocycles. The lowest BCUT2D eigenvalue weighted by molar-refractivity contribution is -0.145. The van der Waals surface area contributed by atoms with Crippen molar-refractivity contribution in [3.63, 3.8) is 0 Å². The van der Waals surface area contributed by atoms with Crippen molar-refractivity contribution in [3.05, 3.63) is 28.0 Å². The van der Waals surface area contributed by atoms with Crippen LogP contribution in [0, 0.1) is 5.82 Å². The second-order valence-corrected chi connectivity index (χ2v) is 4.66. The fourth-order valence-corrected chi connectivity index (χ4v) is 1.81. The highest BCUT2D eigenvalue weighted by molar-refractivity contribution is 6.35. The average Bonchev–Trinajstić information content (AvgIpc) is 2.34. The highest BCUT2D eigenvalue weighted by Crippen LogP contribution is 2.27. The summed E-state index contributed by atoms with van der Waals surface area (Å²) in [7, 11) is 0. The zero-order chi connectivity index (χ0) is 16.2. The minimum Gasteiger partial charge on any atom is -0.481 e. The van der Waals surface area contributed by atoms with Crippen LogP contribution in [0.2, 0.25) is 10.0 Å². The maximum absolute atomic E-state index is 13.2. The van der Waals surface area contributed by atoms with Gasteiger partial charge in [0.1, 0.15) is 6.04 Å². The molecule has 0 saturated carbocycles. The number of carbonyl (C=O) groups excluding carboxylic acids is 1. The molecule has 0 aliphatic heterocycles. The van der Waals surface area contributed by atoms with Crippen molar-refractivity contribution in [2.45, 2.75) is 12.5 Å². The molecule has 1 aromatic carbocycles. The molecule has 0 bridgehead atoms. The van der Waals surface area contributed by atoms with E-state index in [0.717, 1.165) is 12.1 Å². The van der Waals surface area contributed by atoms with Gasteiger partial charge < -0.3 is 20.8 Å². The number of nitrogens with one attached hydrogen (secondary N) is 2. The monoisotopic (exact) mass is 338 g/mol. The molecule has 114 valence electrons. The van der Waals surface area contributed by atoms with Gasteiger partial charge in [-0.05, 0) is 12.1 Å². The molecular formula is C11H9Cl2FN2O5. The number of hydrogen-bond acceptors (Lipinski definition) is 3. The minimum absolute atomic E-state index is 0.0170. The van der Waals surface area contributed by atoms with Crippen molar-refractivity contribution >= 4 is 46.9 Å². The Bertz CT molecular complexity index is 573. The van der Waals surface area contributed by atoms with Gasteiger partial charge >= 0.3 is 18.0 Å². The van der Waals surface area contributed by atoms with E-state index in [1.165, 1.54) is 0 Å². The summed E-state index contributed by atoms with van der Waals surface area (Å²) in [6.07, 6.45) is -0.798. The van der Waals surface area contributed by atoms with Crippen LogP contribution in [0.1, 0.15) is 6.42 Å². The molecule has 0 spiro atoms. The molecule has 0 fully saturated rings. The lowest BCUT2D eigenvalue weighted by Crippen LogP contribution is -2.44. The molecule has 0 radical (unpaired) electrons. The first-order valence-electron chi connectivity index (χ1n) is 5.37. The van der Waals surface area contributed by atoms with Crippen LogP contribution < -0.4 is 10.6 Å². The maximum Gasteiger partial charge on any atom is 0.326 e. The number of amides is 2. The predicted molar refractivity (Wildman–Crippen MR) is 72.3 cm³/mol. The van der Waals surface area contributed by atoms with Crippen LogP contribution in [0.3, 0.4) is 0 Å². The third-order valence-corrected chi connectivity index (χ3v) is 2.77. The van der Waals surface area contributed by atoms with E-state index in [9.17, 15) is 18.8 Å². The normalized spacial score (nSPS) is 11.6. The molecule has 2 amide bonds. The molecule has 4 N–H and O–H groups in total. The van der Waals surface area contributed by atoms with Gasteiger partial charge in [-0.2, -0.15) is 0 Å². The number of carboxylic acids is 2. The molecule has 0 heterocycles. The zero-order valence-electron chi connectivity index (χ0n) is 10.2. The minimum atomic E-state index is -1.62. The lowest BCUT2D eigenvalue weighted by atomic mass is 10.2. The van der Waals surface area contributed by atoms with E-state index in [0.29, 0.717) is 0 Å². The molecule has 1 atom stereocenters. The van der Waals surface area contributed by atoms with Gasteiger partial charge in [0.2, 0.25) is 0 Å². The van der Waals surface area contributed by atoms with E-state index >= 15 is 0 Å². The van der Waals surface area contributed by atoms with Crippen LogP contribution in [0.25, 0.3) is 0 Å². The Kier molecular flexibility index (Phi) is 5.74. The first-order chi connectivity index (χ1) is 9.70. The fraction of sp³-hybridized carbons (Fsp3) is 0.182. The van der Waals surface area contributed by atoms with Crippen LogP contribution in [0.15, 0.2) is 12.1 Å². The molecule has 7 nitrogen and oxygen atoms in total. The van der Waals surface area contributed by atoms with E-state index in [1.54, 1.807) is 0 Å². The Morgan fingerprint density at radius 3 is 2.14 bits per heavy atom. The first-order valence-corrected chi connectivity index (χ1v) is 6.13. The lowest BCUT2D eigenvalue weighted by Gasteiger charge is -2.13. The third kappa shape index (κ3) is 5.09. The number of carboxylic acid groups (broad SMARTS) is 2. The van der Waals surface area contributed by atoms with Crippen molar-refractivity contribution in [2.24, 2.45) is 0 Å². The molecule has 0 aliphatic carbocycles. The van der Waals surface area contributed by atoms with Gasteiger partial charge in [0.05, 0.1) is 16.5 Å². The molecule has 1 rings (SSSR count). The van der Waals surface area contributed by atoms with Crippen molar-refractivity contribution in [1.29, 1.82) is 0 Å². The van der Waals surface area contributed by atoms with Crippen LogP contribution in [-0.2, 0) is 9.59 Å². The topological polar surface area (TPSA) is 116 Å². The molecule has 10 heteroatoms. The number of anilines is 1. The molecule has 0 unspecified atom stereocenters. The van der Waals surface area contributed by atoms with Crippen molar-refractivity contribution in [2.75, 3.05) is 5.32 Å².